The topological polar surface area (TPSA) is 84.9 Å². The highest BCUT2D eigenvalue weighted by molar-refractivity contribution is 7.89. The SMILES string of the molecule is COc1ccccc1OC[C@@H](C)NC(=O)[C@H]1CCCN(S(=O)(=O)c2ccc(C)cc2)C1. The molecular weight excluding hydrogens is 416 g/mol. The van der Waals surface area contributed by atoms with Crippen LogP contribution in [0.5, 0.6) is 11.5 Å². The van der Waals surface area contributed by atoms with Crippen molar-refractivity contribution in [1.29, 1.82) is 0 Å². The van der Waals surface area contributed by atoms with Crippen LogP contribution in [0.25, 0.3) is 0 Å². The Hall–Kier alpha value is -2.58. The van der Waals surface area contributed by atoms with Crippen molar-refractivity contribution in [1.82, 2.24) is 9.62 Å². The first-order valence-corrected chi connectivity index (χ1v) is 11.9. The third-order valence-corrected chi connectivity index (χ3v) is 7.24. The van der Waals surface area contributed by atoms with Crippen LogP contribution in [0.3, 0.4) is 0 Å². The number of methoxy groups -OCH3 is 1. The van der Waals surface area contributed by atoms with Gasteiger partial charge in [-0.2, -0.15) is 4.31 Å². The number of aryl methyl sites for hydroxylation is 1. The zero-order valence-corrected chi connectivity index (χ0v) is 19.0. The lowest BCUT2D eigenvalue weighted by molar-refractivity contribution is -0.126. The van der Waals surface area contributed by atoms with E-state index in [4.69, 9.17) is 9.47 Å². The molecule has 1 N–H and O–H groups in total. The maximum Gasteiger partial charge on any atom is 0.243 e. The molecule has 3 rings (SSSR count). The van der Waals surface area contributed by atoms with Crippen molar-refractivity contribution < 1.29 is 22.7 Å². The Balaban J connectivity index is 1.57. The van der Waals surface area contributed by atoms with E-state index < -0.39 is 10.0 Å². The minimum absolute atomic E-state index is 0.153. The third-order valence-electron chi connectivity index (χ3n) is 5.36. The van der Waals surface area contributed by atoms with Gasteiger partial charge in [0, 0.05) is 13.1 Å². The maximum absolute atomic E-state index is 13.0. The monoisotopic (exact) mass is 446 g/mol. The Labute approximate surface area is 184 Å². The van der Waals surface area contributed by atoms with Gasteiger partial charge in [-0.1, -0.05) is 29.8 Å². The number of carbonyl (C=O) groups is 1. The molecule has 31 heavy (non-hydrogen) atoms. The molecule has 0 aromatic heterocycles. The summed E-state index contributed by atoms with van der Waals surface area (Å²) in [4.78, 5) is 13.0. The molecule has 1 saturated heterocycles. The molecule has 1 amide bonds. The van der Waals surface area contributed by atoms with E-state index in [9.17, 15) is 13.2 Å². The number of nitrogens with one attached hydrogen (secondary N) is 1. The zero-order valence-electron chi connectivity index (χ0n) is 18.2. The predicted molar refractivity (Wildman–Crippen MR) is 119 cm³/mol. The summed E-state index contributed by atoms with van der Waals surface area (Å²) in [6.07, 6.45) is 1.31. The molecule has 0 aliphatic carbocycles. The van der Waals surface area contributed by atoms with Crippen molar-refractivity contribution in [3.8, 4) is 11.5 Å². The molecule has 2 aromatic carbocycles. The molecule has 1 fully saturated rings. The van der Waals surface area contributed by atoms with E-state index >= 15 is 0 Å². The Morgan fingerprint density at radius 3 is 2.52 bits per heavy atom. The number of rotatable bonds is 8. The van der Waals surface area contributed by atoms with Crippen LogP contribution in [-0.2, 0) is 14.8 Å². The van der Waals surface area contributed by atoms with Crippen molar-refractivity contribution >= 4 is 15.9 Å². The second-order valence-electron chi connectivity index (χ2n) is 7.89. The van der Waals surface area contributed by atoms with E-state index in [1.165, 1.54) is 4.31 Å². The molecule has 168 valence electrons. The average molecular weight is 447 g/mol. The van der Waals surface area contributed by atoms with Crippen LogP contribution < -0.4 is 14.8 Å². The molecule has 0 radical (unpaired) electrons. The molecule has 1 heterocycles. The van der Waals surface area contributed by atoms with Gasteiger partial charge in [0.1, 0.15) is 6.61 Å². The number of carbonyl (C=O) groups excluding carboxylic acids is 1. The number of para-hydroxylation sites is 2. The van der Waals surface area contributed by atoms with E-state index in [1.54, 1.807) is 31.4 Å². The number of amides is 1. The Morgan fingerprint density at radius 1 is 1.16 bits per heavy atom. The summed E-state index contributed by atoms with van der Waals surface area (Å²) in [5.41, 5.74) is 0.999. The van der Waals surface area contributed by atoms with Crippen molar-refractivity contribution in [2.45, 2.75) is 37.6 Å². The normalized spacial score (nSPS) is 18.2. The number of hydrogen-bond acceptors (Lipinski definition) is 5. The van der Waals surface area contributed by atoms with E-state index in [0.717, 1.165) is 5.56 Å². The number of piperidine rings is 1. The van der Waals surface area contributed by atoms with Crippen molar-refractivity contribution in [2.24, 2.45) is 5.92 Å². The van der Waals surface area contributed by atoms with E-state index in [-0.39, 0.29) is 35.9 Å². The number of nitrogens with zero attached hydrogens (tertiary/aromatic N) is 1. The lowest BCUT2D eigenvalue weighted by atomic mass is 9.98. The fourth-order valence-electron chi connectivity index (χ4n) is 3.59. The fraction of sp³-hybridized carbons (Fsp3) is 0.435. The lowest BCUT2D eigenvalue weighted by Gasteiger charge is -2.32. The maximum atomic E-state index is 13.0. The standard InChI is InChI=1S/C23H30N2O5S/c1-17-10-12-20(13-11-17)31(27,28)25-14-6-7-19(15-25)23(26)24-18(2)16-30-22-9-5-4-8-21(22)29-3/h4-5,8-13,18-19H,6-7,14-16H2,1-3H3,(H,24,26)/t18-,19+/m1/s1. The molecule has 0 bridgehead atoms. The van der Waals surface area contributed by atoms with E-state index in [0.29, 0.717) is 30.9 Å². The highest BCUT2D eigenvalue weighted by atomic mass is 32.2. The Kier molecular flexibility index (Phi) is 7.56. The van der Waals surface area contributed by atoms with Crippen LogP contribution in [0, 0.1) is 12.8 Å². The van der Waals surface area contributed by atoms with Crippen LogP contribution in [0.1, 0.15) is 25.3 Å². The third kappa shape index (κ3) is 5.77. The van der Waals surface area contributed by atoms with Gasteiger partial charge in [-0.15, -0.1) is 0 Å². The van der Waals surface area contributed by atoms with Gasteiger partial charge < -0.3 is 14.8 Å². The van der Waals surface area contributed by atoms with Crippen molar-refractivity contribution in [2.75, 3.05) is 26.8 Å². The lowest BCUT2D eigenvalue weighted by Crippen LogP contribution is -2.48. The quantitative estimate of drug-likeness (QED) is 0.674. The molecule has 2 aromatic rings. The fourth-order valence-corrected chi connectivity index (χ4v) is 5.11. The van der Waals surface area contributed by atoms with Crippen molar-refractivity contribution in [3.05, 3.63) is 54.1 Å². The van der Waals surface area contributed by atoms with E-state index in [1.807, 2.05) is 38.1 Å². The largest absolute Gasteiger partial charge is 0.493 e. The molecule has 0 spiro atoms. The van der Waals surface area contributed by atoms with E-state index in [2.05, 4.69) is 5.32 Å². The first-order chi connectivity index (χ1) is 14.8. The Bertz CT molecular complexity index is 991. The predicted octanol–water partition coefficient (Wildman–Crippen LogP) is 2.99. The highest BCUT2D eigenvalue weighted by Crippen LogP contribution is 2.26. The highest BCUT2D eigenvalue weighted by Gasteiger charge is 2.33. The van der Waals surface area contributed by atoms with Crippen molar-refractivity contribution in [3.63, 3.8) is 0 Å². The molecule has 8 heteroatoms. The van der Waals surface area contributed by atoms with Crippen LogP contribution in [0.4, 0.5) is 0 Å². The summed E-state index contributed by atoms with van der Waals surface area (Å²) in [5.74, 6) is 0.701. The second kappa shape index (κ2) is 10.2. The van der Waals surface area contributed by atoms with Crippen LogP contribution in [0.15, 0.2) is 53.4 Å². The van der Waals surface area contributed by atoms with Crippen LogP contribution in [-0.4, -0.2) is 51.5 Å². The van der Waals surface area contributed by atoms with Gasteiger partial charge in [-0.05, 0) is 51.0 Å². The summed E-state index contributed by atoms with van der Waals surface area (Å²) >= 11 is 0. The Morgan fingerprint density at radius 2 is 1.84 bits per heavy atom. The number of sulfonamides is 1. The van der Waals surface area contributed by atoms with Gasteiger partial charge in [0.05, 0.1) is 24.0 Å². The zero-order chi connectivity index (χ0) is 22.4. The molecule has 0 unspecified atom stereocenters. The average Bonchev–Trinajstić information content (AvgIpc) is 2.78. The molecular formula is C23H30N2O5S. The second-order valence-corrected chi connectivity index (χ2v) is 9.82. The van der Waals surface area contributed by atoms with Gasteiger partial charge in [0.15, 0.2) is 11.5 Å². The summed E-state index contributed by atoms with van der Waals surface area (Å²) in [6, 6.07) is 13.9. The summed E-state index contributed by atoms with van der Waals surface area (Å²) in [5, 5.41) is 2.95. The molecule has 2 atom stereocenters. The van der Waals surface area contributed by atoms with Gasteiger partial charge in [0.2, 0.25) is 15.9 Å². The number of ether oxygens (including phenoxy) is 2. The smallest absolute Gasteiger partial charge is 0.243 e. The minimum Gasteiger partial charge on any atom is -0.493 e. The first-order valence-electron chi connectivity index (χ1n) is 10.4. The first kappa shape index (κ1) is 23.1. The van der Waals surface area contributed by atoms with Gasteiger partial charge >= 0.3 is 0 Å². The van der Waals surface area contributed by atoms with Gasteiger partial charge in [-0.25, -0.2) is 8.42 Å². The van der Waals surface area contributed by atoms with Gasteiger partial charge in [0.25, 0.3) is 0 Å². The van der Waals surface area contributed by atoms with Crippen LogP contribution in [0.2, 0.25) is 0 Å². The van der Waals surface area contributed by atoms with Gasteiger partial charge in [-0.3, -0.25) is 4.79 Å². The molecule has 1 aliphatic heterocycles. The number of hydrogen-bond donors (Lipinski definition) is 1. The number of benzene rings is 2. The molecule has 1 aliphatic rings. The molecule has 7 nitrogen and oxygen atoms in total. The summed E-state index contributed by atoms with van der Waals surface area (Å²) in [7, 11) is -2.04. The molecule has 0 saturated carbocycles. The summed E-state index contributed by atoms with van der Waals surface area (Å²) in [6.45, 7) is 4.66. The summed E-state index contributed by atoms with van der Waals surface area (Å²) < 4.78 is 38.4. The minimum atomic E-state index is -3.61. The van der Waals surface area contributed by atoms with Crippen LogP contribution >= 0.6 is 0 Å².